The van der Waals surface area contributed by atoms with E-state index < -0.39 is 17.6 Å². The first-order valence-electron chi connectivity index (χ1n) is 5.82. The highest BCUT2D eigenvalue weighted by Crippen LogP contribution is 2.28. The number of amides is 1. The number of aromatic nitrogens is 1. The van der Waals surface area contributed by atoms with Crippen molar-refractivity contribution in [3.63, 3.8) is 0 Å². The second-order valence-corrected chi connectivity index (χ2v) is 4.31. The van der Waals surface area contributed by atoms with Gasteiger partial charge in [0, 0.05) is 18.6 Å². The number of nitrogens with one attached hydrogen (secondary N) is 1. The molecule has 0 radical (unpaired) electrons. The number of hydrogen-bond donors (Lipinski definition) is 1. The first-order chi connectivity index (χ1) is 8.95. The molecule has 0 aromatic carbocycles. The zero-order valence-electron chi connectivity index (χ0n) is 10.1. The molecule has 1 heterocycles. The fraction of sp³-hybridized carbons (Fsp3) is 0.500. The largest absolute Gasteiger partial charge is 0.417 e. The Morgan fingerprint density at radius 2 is 2.00 bits per heavy atom. The molecule has 19 heavy (non-hydrogen) atoms. The minimum absolute atomic E-state index is 0.0228. The molecule has 1 aromatic rings. The van der Waals surface area contributed by atoms with Crippen LogP contribution in [0.5, 0.6) is 0 Å². The number of halogens is 4. The molecule has 1 N–H and O–H groups in total. The van der Waals surface area contributed by atoms with Crippen molar-refractivity contribution >= 4 is 17.5 Å². The van der Waals surface area contributed by atoms with Gasteiger partial charge in [0.1, 0.15) is 5.69 Å². The molecule has 0 aliphatic carbocycles. The summed E-state index contributed by atoms with van der Waals surface area (Å²) in [6, 6.07) is 1.91. The van der Waals surface area contributed by atoms with Crippen LogP contribution in [0.3, 0.4) is 0 Å². The van der Waals surface area contributed by atoms with Gasteiger partial charge in [-0.15, -0.1) is 11.6 Å². The molecule has 0 spiro atoms. The van der Waals surface area contributed by atoms with Crippen LogP contribution in [0.4, 0.5) is 13.2 Å². The zero-order chi connectivity index (χ0) is 14.3. The summed E-state index contributed by atoms with van der Waals surface area (Å²) in [5, 5.41) is 2.59. The highest BCUT2D eigenvalue weighted by Gasteiger charge is 2.30. The average Bonchev–Trinajstić information content (AvgIpc) is 2.37. The fourth-order valence-electron chi connectivity index (χ4n) is 1.38. The number of pyridine rings is 1. The van der Waals surface area contributed by atoms with Gasteiger partial charge >= 0.3 is 6.18 Å². The molecular formula is C12H14ClF3N2O. The Hall–Kier alpha value is -1.30. The van der Waals surface area contributed by atoms with E-state index in [4.69, 9.17) is 11.6 Å². The van der Waals surface area contributed by atoms with E-state index in [0.29, 0.717) is 18.6 Å². The normalized spacial score (nSPS) is 11.4. The Bertz CT molecular complexity index is 406. The number of unbranched alkanes of at least 4 members (excludes halogenated alkanes) is 2. The predicted octanol–water partition coefficient (Wildman–Crippen LogP) is 3.24. The Morgan fingerprint density at radius 3 is 2.53 bits per heavy atom. The number of nitrogens with zero attached hydrogens (tertiary/aromatic N) is 1. The van der Waals surface area contributed by atoms with Gasteiger partial charge in [-0.25, -0.2) is 0 Å². The second kappa shape index (κ2) is 7.33. The molecule has 1 rings (SSSR count). The van der Waals surface area contributed by atoms with Crippen LogP contribution in [0.25, 0.3) is 0 Å². The minimum atomic E-state index is -4.44. The maximum Gasteiger partial charge on any atom is 0.417 e. The molecule has 0 atom stereocenters. The zero-order valence-corrected chi connectivity index (χ0v) is 10.9. The van der Waals surface area contributed by atoms with Crippen molar-refractivity contribution in [2.75, 3.05) is 12.4 Å². The molecule has 106 valence electrons. The van der Waals surface area contributed by atoms with Crippen molar-refractivity contribution in [2.24, 2.45) is 0 Å². The summed E-state index contributed by atoms with van der Waals surface area (Å²) in [6.45, 7) is 0.457. The third-order valence-electron chi connectivity index (χ3n) is 2.42. The van der Waals surface area contributed by atoms with Crippen LogP contribution in [0.15, 0.2) is 18.3 Å². The number of rotatable bonds is 6. The van der Waals surface area contributed by atoms with Crippen LogP contribution in [0, 0.1) is 0 Å². The van der Waals surface area contributed by atoms with Gasteiger partial charge in [0.25, 0.3) is 5.91 Å². The van der Waals surface area contributed by atoms with Gasteiger partial charge in [-0.2, -0.15) is 13.2 Å². The third kappa shape index (κ3) is 5.46. The molecule has 1 amide bonds. The van der Waals surface area contributed by atoms with E-state index in [1.165, 1.54) is 0 Å². The predicted molar refractivity (Wildman–Crippen MR) is 66.1 cm³/mol. The third-order valence-corrected chi connectivity index (χ3v) is 2.69. The van der Waals surface area contributed by atoms with E-state index >= 15 is 0 Å². The molecule has 3 nitrogen and oxygen atoms in total. The lowest BCUT2D eigenvalue weighted by Gasteiger charge is -2.07. The van der Waals surface area contributed by atoms with Crippen molar-refractivity contribution in [1.82, 2.24) is 10.3 Å². The van der Waals surface area contributed by atoms with E-state index in [9.17, 15) is 18.0 Å². The van der Waals surface area contributed by atoms with Gasteiger partial charge in [-0.3, -0.25) is 9.78 Å². The standard InChI is InChI=1S/C12H14ClF3N2O/c13-6-2-1-3-7-17-11(19)10-5-4-9(8-18-10)12(14,15)16/h4-5,8H,1-3,6-7H2,(H,17,19). The summed E-state index contributed by atoms with van der Waals surface area (Å²) < 4.78 is 36.9. The van der Waals surface area contributed by atoms with E-state index in [1.807, 2.05) is 0 Å². The topological polar surface area (TPSA) is 42.0 Å². The number of carbonyl (C=O) groups is 1. The summed E-state index contributed by atoms with van der Waals surface area (Å²) in [6.07, 6.45) is -1.24. The summed E-state index contributed by atoms with van der Waals surface area (Å²) in [4.78, 5) is 15.1. The number of alkyl halides is 4. The SMILES string of the molecule is O=C(NCCCCCCl)c1ccc(C(F)(F)F)cn1. The summed E-state index contributed by atoms with van der Waals surface area (Å²) in [7, 11) is 0. The Labute approximate surface area is 114 Å². The van der Waals surface area contributed by atoms with E-state index in [2.05, 4.69) is 10.3 Å². The molecule has 0 aliphatic rings. The molecule has 0 aliphatic heterocycles. The Balaban J connectivity index is 2.45. The molecular weight excluding hydrogens is 281 g/mol. The van der Waals surface area contributed by atoms with Crippen LogP contribution < -0.4 is 5.32 Å². The second-order valence-electron chi connectivity index (χ2n) is 3.94. The van der Waals surface area contributed by atoms with Crippen molar-refractivity contribution < 1.29 is 18.0 Å². The Kier molecular flexibility index (Phi) is 6.08. The first-order valence-corrected chi connectivity index (χ1v) is 6.36. The maximum absolute atomic E-state index is 12.3. The lowest BCUT2D eigenvalue weighted by molar-refractivity contribution is -0.137. The molecule has 0 unspecified atom stereocenters. The lowest BCUT2D eigenvalue weighted by atomic mass is 10.2. The van der Waals surface area contributed by atoms with Gasteiger partial charge in [0.15, 0.2) is 0 Å². The average molecular weight is 295 g/mol. The van der Waals surface area contributed by atoms with E-state index in [0.717, 1.165) is 31.4 Å². The van der Waals surface area contributed by atoms with Crippen LogP contribution in [-0.4, -0.2) is 23.3 Å². The Morgan fingerprint density at radius 1 is 1.26 bits per heavy atom. The first kappa shape index (κ1) is 15.8. The lowest BCUT2D eigenvalue weighted by Crippen LogP contribution is -2.25. The van der Waals surface area contributed by atoms with E-state index in [1.54, 1.807) is 0 Å². The molecule has 0 bridgehead atoms. The monoisotopic (exact) mass is 294 g/mol. The van der Waals surface area contributed by atoms with Crippen LogP contribution >= 0.6 is 11.6 Å². The van der Waals surface area contributed by atoms with Crippen molar-refractivity contribution in [2.45, 2.75) is 25.4 Å². The van der Waals surface area contributed by atoms with Gasteiger partial charge in [0.05, 0.1) is 5.56 Å². The van der Waals surface area contributed by atoms with Crippen molar-refractivity contribution in [1.29, 1.82) is 0 Å². The van der Waals surface area contributed by atoms with Crippen LogP contribution in [0.1, 0.15) is 35.3 Å². The number of carbonyl (C=O) groups excluding carboxylic acids is 1. The van der Waals surface area contributed by atoms with Gasteiger partial charge in [-0.05, 0) is 25.0 Å². The minimum Gasteiger partial charge on any atom is -0.351 e. The van der Waals surface area contributed by atoms with Gasteiger partial charge in [-0.1, -0.05) is 6.42 Å². The molecule has 1 aromatic heterocycles. The summed E-state index contributed by atoms with van der Waals surface area (Å²) in [5.41, 5.74) is -0.892. The van der Waals surface area contributed by atoms with Crippen LogP contribution in [-0.2, 0) is 6.18 Å². The highest BCUT2D eigenvalue weighted by molar-refractivity contribution is 6.17. The summed E-state index contributed by atoms with van der Waals surface area (Å²) >= 11 is 5.50. The maximum atomic E-state index is 12.3. The summed E-state index contributed by atoms with van der Waals surface area (Å²) in [5.74, 6) is 0.105. The quantitative estimate of drug-likeness (QED) is 0.646. The number of hydrogen-bond acceptors (Lipinski definition) is 2. The van der Waals surface area contributed by atoms with Gasteiger partial charge in [0.2, 0.25) is 0 Å². The highest BCUT2D eigenvalue weighted by atomic mass is 35.5. The molecule has 0 saturated carbocycles. The molecule has 0 saturated heterocycles. The fourth-order valence-corrected chi connectivity index (χ4v) is 1.57. The van der Waals surface area contributed by atoms with E-state index in [-0.39, 0.29) is 5.69 Å². The smallest absolute Gasteiger partial charge is 0.351 e. The van der Waals surface area contributed by atoms with Crippen LogP contribution in [0.2, 0.25) is 0 Å². The molecule has 7 heteroatoms. The molecule has 0 fully saturated rings. The van der Waals surface area contributed by atoms with Crippen molar-refractivity contribution in [3.8, 4) is 0 Å². The van der Waals surface area contributed by atoms with Gasteiger partial charge < -0.3 is 5.32 Å². The van der Waals surface area contributed by atoms with Crippen molar-refractivity contribution in [3.05, 3.63) is 29.6 Å².